The number of aromatic nitrogens is 5. The summed E-state index contributed by atoms with van der Waals surface area (Å²) in [4.78, 5) is 21.0. The van der Waals surface area contributed by atoms with E-state index in [-0.39, 0.29) is 17.6 Å². The fourth-order valence-electron chi connectivity index (χ4n) is 2.70. The van der Waals surface area contributed by atoms with Crippen molar-refractivity contribution in [3.63, 3.8) is 0 Å². The molecule has 7 nitrogen and oxygen atoms in total. The lowest BCUT2D eigenvalue weighted by Gasteiger charge is -2.18. The predicted octanol–water partition coefficient (Wildman–Crippen LogP) is 3.89. The fourth-order valence-corrected chi connectivity index (χ4v) is 2.70. The molecular formula is C18H14F6N6O. The molecule has 1 amide bonds. The molecular weight excluding hydrogens is 430 g/mol. The Hall–Kier alpha value is -3.51. The van der Waals surface area contributed by atoms with E-state index in [1.165, 1.54) is 30.2 Å². The SMILES string of the molecule is Cc1cnc(C(C)NC(=O)c2cc(C(F)(F)F)cc(C(F)(F)F)c2)c(-n2ccnn2)n1. The molecule has 1 N–H and O–H groups in total. The van der Waals surface area contributed by atoms with Gasteiger partial charge in [-0.2, -0.15) is 26.3 Å². The predicted molar refractivity (Wildman–Crippen MR) is 94.0 cm³/mol. The maximum atomic E-state index is 13.0. The quantitative estimate of drug-likeness (QED) is 0.617. The molecule has 3 aromatic rings. The summed E-state index contributed by atoms with van der Waals surface area (Å²) in [6.45, 7) is 3.11. The lowest BCUT2D eigenvalue weighted by molar-refractivity contribution is -0.143. The van der Waals surface area contributed by atoms with E-state index in [1.807, 2.05) is 0 Å². The number of hydrogen-bond acceptors (Lipinski definition) is 5. The lowest BCUT2D eigenvalue weighted by Crippen LogP contribution is -2.29. The maximum absolute atomic E-state index is 13.0. The first-order valence-corrected chi connectivity index (χ1v) is 8.67. The monoisotopic (exact) mass is 444 g/mol. The molecule has 0 aliphatic carbocycles. The molecule has 3 rings (SSSR count). The summed E-state index contributed by atoms with van der Waals surface area (Å²) in [5, 5.41) is 9.79. The highest BCUT2D eigenvalue weighted by Gasteiger charge is 2.37. The highest BCUT2D eigenvalue weighted by Crippen LogP contribution is 2.36. The summed E-state index contributed by atoms with van der Waals surface area (Å²) in [6, 6.07) is -0.259. The fraction of sp³-hybridized carbons (Fsp3) is 0.278. The second-order valence-corrected chi connectivity index (χ2v) is 6.56. The van der Waals surface area contributed by atoms with Crippen molar-refractivity contribution in [1.82, 2.24) is 30.3 Å². The van der Waals surface area contributed by atoms with Gasteiger partial charge in [-0.1, -0.05) is 5.21 Å². The molecule has 0 fully saturated rings. The largest absolute Gasteiger partial charge is 0.416 e. The molecule has 0 saturated heterocycles. The molecule has 2 aromatic heterocycles. The zero-order valence-corrected chi connectivity index (χ0v) is 16.0. The molecule has 0 saturated carbocycles. The van der Waals surface area contributed by atoms with Gasteiger partial charge in [-0.3, -0.25) is 9.78 Å². The third-order valence-electron chi connectivity index (χ3n) is 4.15. The summed E-state index contributed by atoms with van der Waals surface area (Å²) in [7, 11) is 0. The second-order valence-electron chi connectivity index (χ2n) is 6.56. The number of benzene rings is 1. The minimum absolute atomic E-state index is 0.0471. The number of rotatable bonds is 4. The van der Waals surface area contributed by atoms with Gasteiger partial charge >= 0.3 is 12.4 Å². The van der Waals surface area contributed by atoms with Crippen LogP contribution in [-0.4, -0.2) is 30.9 Å². The number of carbonyl (C=O) groups excluding carboxylic acids is 1. The third kappa shape index (κ3) is 4.98. The Morgan fingerprint density at radius 1 is 1.06 bits per heavy atom. The van der Waals surface area contributed by atoms with Gasteiger partial charge < -0.3 is 5.32 Å². The molecule has 2 heterocycles. The van der Waals surface area contributed by atoms with E-state index in [1.54, 1.807) is 6.92 Å². The summed E-state index contributed by atoms with van der Waals surface area (Å²) < 4.78 is 79.5. The van der Waals surface area contributed by atoms with Crippen molar-refractivity contribution in [1.29, 1.82) is 0 Å². The normalized spacial score (nSPS) is 13.2. The Morgan fingerprint density at radius 2 is 1.68 bits per heavy atom. The van der Waals surface area contributed by atoms with Gasteiger partial charge in [-0.05, 0) is 32.0 Å². The Morgan fingerprint density at radius 3 is 2.19 bits per heavy atom. The van der Waals surface area contributed by atoms with Gasteiger partial charge in [-0.15, -0.1) is 5.10 Å². The third-order valence-corrected chi connectivity index (χ3v) is 4.15. The van der Waals surface area contributed by atoms with E-state index in [9.17, 15) is 31.1 Å². The average molecular weight is 444 g/mol. The zero-order valence-electron chi connectivity index (χ0n) is 16.0. The van der Waals surface area contributed by atoms with Crippen LogP contribution in [0.3, 0.4) is 0 Å². The van der Waals surface area contributed by atoms with Crippen molar-refractivity contribution in [3.05, 3.63) is 64.9 Å². The maximum Gasteiger partial charge on any atom is 0.416 e. The van der Waals surface area contributed by atoms with Crippen LogP contribution in [0, 0.1) is 6.92 Å². The Kier molecular flexibility index (Phi) is 5.70. The van der Waals surface area contributed by atoms with Gasteiger partial charge in [0.1, 0.15) is 5.69 Å². The standard InChI is InChI=1S/C18H14F6N6O/c1-9-8-25-14(15(27-9)30-4-3-26-29-30)10(2)28-16(31)11-5-12(17(19,20)21)7-13(6-11)18(22,23)24/h3-8,10H,1-2H3,(H,28,31). The molecule has 13 heteroatoms. The summed E-state index contributed by atoms with van der Waals surface area (Å²) in [5.41, 5.74) is -3.26. The van der Waals surface area contributed by atoms with E-state index in [0.29, 0.717) is 17.8 Å². The Labute approximate surface area is 171 Å². The van der Waals surface area contributed by atoms with Crippen LogP contribution in [0.2, 0.25) is 0 Å². The number of nitrogens with one attached hydrogen (secondary N) is 1. The Balaban J connectivity index is 1.95. The van der Waals surface area contributed by atoms with E-state index in [0.717, 1.165) is 0 Å². The molecule has 1 aromatic carbocycles. The minimum atomic E-state index is -5.06. The van der Waals surface area contributed by atoms with Crippen LogP contribution in [-0.2, 0) is 12.4 Å². The van der Waals surface area contributed by atoms with E-state index < -0.39 is 41.0 Å². The van der Waals surface area contributed by atoms with Gasteiger partial charge in [0, 0.05) is 11.8 Å². The zero-order chi connectivity index (χ0) is 23.0. The van der Waals surface area contributed by atoms with Crippen molar-refractivity contribution < 1.29 is 31.1 Å². The van der Waals surface area contributed by atoms with Crippen molar-refractivity contribution >= 4 is 5.91 Å². The van der Waals surface area contributed by atoms with Crippen molar-refractivity contribution in [3.8, 4) is 5.82 Å². The highest BCUT2D eigenvalue weighted by atomic mass is 19.4. The van der Waals surface area contributed by atoms with Gasteiger partial charge in [0.05, 0.1) is 35.3 Å². The number of amides is 1. The van der Waals surface area contributed by atoms with Crippen LogP contribution in [0.4, 0.5) is 26.3 Å². The number of hydrogen-bond donors (Lipinski definition) is 1. The molecule has 1 unspecified atom stereocenters. The highest BCUT2D eigenvalue weighted by molar-refractivity contribution is 5.95. The van der Waals surface area contributed by atoms with Gasteiger partial charge in [0.15, 0.2) is 5.82 Å². The van der Waals surface area contributed by atoms with E-state index >= 15 is 0 Å². The minimum Gasteiger partial charge on any atom is -0.344 e. The van der Waals surface area contributed by atoms with Crippen LogP contribution in [0.25, 0.3) is 5.82 Å². The number of aryl methyl sites for hydroxylation is 1. The van der Waals surface area contributed by atoms with Crippen LogP contribution in [0.1, 0.15) is 45.8 Å². The molecule has 0 aliphatic heterocycles. The van der Waals surface area contributed by atoms with E-state index in [4.69, 9.17) is 0 Å². The van der Waals surface area contributed by atoms with Crippen molar-refractivity contribution in [2.24, 2.45) is 0 Å². The average Bonchev–Trinajstić information content (AvgIpc) is 3.20. The first-order valence-electron chi connectivity index (χ1n) is 8.67. The van der Waals surface area contributed by atoms with Crippen LogP contribution in [0.5, 0.6) is 0 Å². The van der Waals surface area contributed by atoms with E-state index in [2.05, 4.69) is 25.6 Å². The van der Waals surface area contributed by atoms with Crippen LogP contribution >= 0.6 is 0 Å². The molecule has 0 aliphatic rings. The first kappa shape index (κ1) is 22.2. The number of alkyl halides is 6. The first-order chi connectivity index (χ1) is 14.4. The molecule has 164 valence electrons. The molecule has 1 atom stereocenters. The molecule has 31 heavy (non-hydrogen) atoms. The van der Waals surface area contributed by atoms with Gasteiger partial charge in [-0.25, -0.2) is 9.67 Å². The van der Waals surface area contributed by atoms with Crippen molar-refractivity contribution in [2.45, 2.75) is 32.2 Å². The Bertz CT molecular complexity index is 1060. The summed E-state index contributed by atoms with van der Waals surface area (Å²) in [5.74, 6) is -0.943. The molecule has 0 radical (unpaired) electrons. The molecule has 0 bridgehead atoms. The summed E-state index contributed by atoms with van der Waals surface area (Å²) in [6.07, 6.45) is -5.90. The molecule has 0 spiro atoms. The summed E-state index contributed by atoms with van der Waals surface area (Å²) >= 11 is 0. The number of nitrogens with zero attached hydrogens (tertiary/aromatic N) is 5. The number of carbonyl (C=O) groups is 1. The lowest BCUT2D eigenvalue weighted by atomic mass is 10.0. The smallest absolute Gasteiger partial charge is 0.344 e. The van der Waals surface area contributed by atoms with Crippen LogP contribution < -0.4 is 5.32 Å². The second kappa shape index (κ2) is 7.96. The van der Waals surface area contributed by atoms with Gasteiger partial charge in [0.2, 0.25) is 0 Å². The number of halogens is 6. The van der Waals surface area contributed by atoms with Crippen LogP contribution in [0.15, 0.2) is 36.8 Å². The van der Waals surface area contributed by atoms with Gasteiger partial charge in [0.25, 0.3) is 5.91 Å². The topological polar surface area (TPSA) is 85.6 Å². The van der Waals surface area contributed by atoms with Crippen molar-refractivity contribution in [2.75, 3.05) is 0 Å².